The molecule has 0 saturated heterocycles. The molecule has 21 heavy (non-hydrogen) atoms. The topological polar surface area (TPSA) is 80.0 Å². The lowest BCUT2D eigenvalue weighted by molar-refractivity contribution is 0.0937. The van der Waals surface area contributed by atoms with Crippen molar-refractivity contribution in [2.24, 2.45) is 0 Å². The van der Waals surface area contributed by atoms with Crippen LogP contribution in [0.5, 0.6) is 0 Å². The molecule has 1 aliphatic heterocycles. The molecule has 1 unspecified atom stereocenters. The summed E-state index contributed by atoms with van der Waals surface area (Å²) in [6.07, 6.45) is 2.96. The third-order valence-corrected chi connectivity index (χ3v) is 3.94. The zero-order valence-electron chi connectivity index (χ0n) is 11.5. The molecule has 108 valence electrons. The maximum absolute atomic E-state index is 11.9. The molecule has 2 aromatic rings. The number of hydrogen-bond donors (Lipinski definition) is 2. The summed E-state index contributed by atoms with van der Waals surface area (Å²) in [5, 5.41) is 10.1. The first-order valence-corrected chi connectivity index (χ1v) is 7.28. The monoisotopic (exact) mass is 284 g/mol. The average Bonchev–Trinajstić information content (AvgIpc) is 3.19. The van der Waals surface area contributed by atoms with E-state index in [1.54, 1.807) is 0 Å². The van der Waals surface area contributed by atoms with Crippen molar-refractivity contribution in [2.75, 3.05) is 11.9 Å². The van der Waals surface area contributed by atoms with Crippen molar-refractivity contribution in [3.8, 4) is 0 Å². The van der Waals surface area contributed by atoms with Gasteiger partial charge in [0.05, 0.1) is 5.92 Å². The second-order valence-corrected chi connectivity index (χ2v) is 5.56. The van der Waals surface area contributed by atoms with Crippen LogP contribution in [0.25, 0.3) is 0 Å². The van der Waals surface area contributed by atoms with Crippen molar-refractivity contribution < 1.29 is 9.32 Å². The van der Waals surface area contributed by atoms with Gasteiger partial charge in [-0.05, 0) is 30.9 Å². The van der Waals surface area contributed by atoms with Crippen LogP contribution in [-0.4, -0.2) is 28.6 Å². The molecule has 1 aromatic carbocycles. The highest BCUT2D eigenvalue weighted by Crippen LogP contribution is 2.35. The molecule has 1 aromatic heterocycles. The van der Waals surface area contributed by atoms with Gasteiger partial charge in [-0.2, -0.15) is 4.98 Å². The van der Waals surface area contributed by atoms with Gasteiger partial charge >= 0.3 is 0 Å². The van der Waals surface area contributed by atoms with E-state index in [2.05, 4.69) is 26.8 Å². The van der Waals surface area contributed by atoms with Gasteiger partial charge < -0.3 is 15.2 Å². The normalized spacial score (nSPS) is 20.5. The van der Waals surface area contributed by atoms with Gasteiger partial charge in [0, 0.05) is 18.3 Å². The van der Waals surface area contributed by atoms with Gasteiger partial charge in [-0.3, -0.25) is 4.79 Å². The van der Waals surface area contributed by atoms with Gasteiger partial charge in [0.15, 0.2) is 0 Å². The molecule has 6 heteroatoms. The van der Waals surface area contributed by atoms with Crippen molar-refractivity contribution in [3.05, 3.63) is 41.5 Å². The first kappa shape index (κ1) is 12.4. The summed E-state index contributed by atoms with van der Waals surface area (Å²) in [7, 11) is 0. The van der Waals surface area contributed by atoms with Crippen molar-refractivity contribution in [1.29, 1.82) is 0 Å². The highest BCUT2D eigenvalue weighted by molar-refractivity contribution is 5.90. The van der Waals surface area contributed by atoms with Gasteiger partial charge in [-0.1, -0.05) is 23.4 Å². The maximum Gasteiger partial charge on any atom is 0.292 e. The third kappa shape index (κ3) is 2.37. The van der Waals surface area contributed by atoms with E-state index in [0.29, 0.717) is 11.9 Å². The third-order valence-electron chi connectivity index (χ3n) is 3.94. The molecule has 1 fully saturated rings. The zero-order chi connectivity index (χ0) is 14.2. The smallest absolute Gasteiger partial charge is 0.292 e. The van der Waals surface area contributed by atoms with Crippen LogP contribution in [-0.2, 0) is 0 Å². The summed E-state index contributed by atoms with van der Waals surface area (Å²) in [4.78, 5) is 16.2. The Kier molecular flexibility index (Phi) is 2.87. The summed E-state index contributed by atoms with van der Waals surface area (Å²) in [6.45, 7) is 0.855. The molecule has 1 saturated carbocycles. The molecule has 4 rings (SSSR count). The lowest BCUT2D eigenvalue weighted by Crippen LogP contribution is -2.26. The highest BCUT2D eigenvalue weighted by Gasteiger charge is 2.29. The van der Waals surface area contributed by atoms with Crippen molar-refractivity contribution in [3.63, 3.8) is 0 Å². The van der Waals surface area contributed by atoms with Gasteiger partial charge in [-0.15, -0.1) is 0 Å². The van der Waals surface area contributed by atoms with Crippen LogP contribution in [0.3, 0.4) is 0 Å². The first-order valence-electron chi connectivity index (χ1n) is 7.28. The lowest BCUT2D eigenvalue weighted by atomic mass is 9.91. The number of hydrogen-bond acceptors (Lipinski definition) is 5. The van der Waals surface area contributed by atoms with E-state index in [9.17, 15) is 4.79 Å². The molecule has 1 amide bonds. The van der Waals surface area contributed by atoms with E-state index >= 15 is 0 Å². The van der Waals surface area contributed by atoms with Gasteiger partial charge in [0.1, 0.15) is 0 Å². The Bertz CT molecular complexity index is 678. The number of anilines is 1. The number of amides is 1. The molecule has 0 bridgehead atoms. The second-order valence-electron chi connectivity index (χ2n) is 5.56. The summed E-state index contributed by atoms with van der Waals surface area (Å²) in [6, 6.07) is 8.38. The predicted octanol–water partition coefficient (Wildman–Crippen LogP) is 1.91. The number of fused-ring (bicyclic) bond motifs is 1. The number of nitrogens with zero attached hydrogens (tertiary/aromatic N) is 2. The van der Waals surface area contributed by atoms with Crippen LogP contribution in [0.1, 0.15) is 47.3 Å². The van der Waals surface area contributed by atoms with E-state index < -0.39 is 0 Å². The Labute approximate surface area is 121 Å². The van der Waals surface area contributed by atoms with E-state index in [1.165, 1.54) is 0 Å². The molecule has 2 aliphatic rings. The predicted molar refractivity (Wildman–Crippen MR) is 76.2 cm³/mol. The second kappa shape index (κ2) is 4.87. The summed E-state index contributed by atoms with van der Waals surface area (Å²) in [5.74, 6) is 0.463. The minimum absolute atomic E-state index is 0.0532. The quantitative estimate of drug-likeness (QED) is 0.900. The number of rotatable bonds is 3. The zero-order valence-corrected chi connectivity index (χ0v) is 11.5. The van der Waals surface area contributed by atoms with Crippen molar-refractivity contribution >= 4 is 11.6 Å². The average molecular weight is 284 g/mol. The molecular weight excluding hydrogens is 268 g/mol. The first-order chi connectivity index (χ1) is 10.3. The Morgan fingerprint density at radius 2 is 2.14 bits per heavy atom. The lowest BCUT2D eigenvalue weighted by Gasteiger charge is -2.23. The van der Waals surface area contributed by atoms with Gasteiger partial charge in [0.25, 0.3) is 11.7 Å². The van der Waals surface area contributed by atoms with Crippen LogP contribution >= 0.6 is 0 Å². The van der Waals surface area contributed by atoms with Gasteiger partial charge in [-0.25, -0.2) is 0 Å². The number of benzene rings is 1. The van der Waals surface area contributed by atoms with Crippen LogP contribution < -0.4 is 10.6 Å². The minimum atomic E-state index is -0.241. The molecule has 0 radical (unpaired) electrons. The Morgan fingerprint density at radius 1 is 1.29 bits per heavy atom. The van der Waals surface area contributed by atoms with Crippen LogP contribution in [0, 0.1) is 0 Å². The highest BCUT2D eigenvalue weighted by atomic mass is 16.5. The van der Waals surface area contributed by atoms with Crippen LogP contribution in [0.2, 0.25) is 0 Å². The Hall–Kier alpha value is -2.37. The van der Waals surface area contributed by atoms with Crippen LogP contribution in [0.15, 0.2) is 28.8 Å². The Balaban J connectivity index is 1.59. The van der Waals surface area contributed by atoms with E-state index in [4.69, 9.17) is 4.52 Å². The van der Waals surface area contributed by atoms with Crippen molar-refractivity contribution in [1.82, 2.24) is 15.5 Å². The number of nitrogens with one attached hydrogen (secondary N) is 2. The number of carbonyl (C=O) groups is 1. The number of carbonyl (C=O) groups excluding carboxylic acids is 1. The summed E-state index contributed by atoms with van der Waals surface area (Å²) in [5.41, 5.74) is 2.23. The fourth-order valence-corrected chi connectivity index (χ4v) is 2.67. The molecule has 2 N–H and O–H groups in total. The van der Waals surface area contributed by atoms with E-state index in [1.807, 2.05) is 18.2 Å². The van der Waals surface area contributed by atoms with Gasteiger partial charge in [0.2, 0.25) is 5.89 Å². The largest absolute Gasteiger partial charge is 0.385 e. The van der Waals surface area contributed by atoms with E-state index in [0.717, 1.165) is 37.1 Å². The molecular formula is C15H16N4O2. The van der Waals surface area contributed by atoms with Crippen molar-refractivity contribution in [2.45, 2.75) is 31.2 Å². The fraction of sp³-hybridized carbons (Fsp3) is 0.400. The Morgan fingerprint density at radius 3 is 3.00 bits per heavy atom. The standard InChI is InChI=1S/C15H16N4O2/c20-14(17-9-5-6-9)13-18-15(21-19-13)11-7-8-16-12-4-2-1-3-10(11)12/h1-4,9,11,16H,5-8H2,(H,17,20). The molecule has 0 spiro atoms. The van der Waals surface area contributed by atoms with Crippen LogP contribution in [0.4, 0.5) is 5.69 Å². The van der Waals surface area contributed by atoms with E-state index in [-0.39, 0.29) is 17.6 Å². The summed E-state index contributed by atoms with van der Waals surface area (Å²) >= 11 is 0. The number of para-hydroxylation sites is 1. The number of aromatic nitrogens is 2. The maximum atomic E-state index is 11.9. The fourth-order valence-electron chi connectivity index (χ4n) is 2.67. The molecule has 1 atom stereocenters. The summed E-state index contributed by atoms with van der Waals surface area (Å²) < 4.78 is 5.33. The molecule has 1 aliphatic carbocycles. The molecule has 2 heterocycles. The SMILES string of the molecule is O=C(NC1CC1)c1noc(C2CCNc3ccccc32)n1. The minimum Gasteiger partial charge on any atom is -0.385 e. The molecule has 6 nitrogen and oxygen atoms in total.